The molecule has 0 bridgehead atoms. The van der Waals surface area contributed by atoms with Crippen molar-refractivity contribution in [1.29, 1.82) is 0 Å². The monoisotopic (exact) mass is 168 g/mol. The van der Waals surface area contributed by atoms with Crippen LogP contribution in [-0.4, -0.2) is 22.7 Å². The molecule has 0 spiro atoms. The third kappa shape index (κ3) is 1.06. The first kappa shape index (κ1) is 7.23. The summed E-state index contributed by atoms with van der Waals surface area (Å²) in [6.07, 6.45) is 0. The number of hydrogen-bond donors (Lipinski definition) is 0. The lowest BCUT2D eigenvalue weighted by atomic mass is 10.6. The smallest absolute Gasteiger partial charge is 0.296 e. The molecular formula is C6H8N4O2. The van der Waals surface area contributed by atoms with Crippen LogP contribution in [0.3, 0.4) is 0 Å². The number of anilines is 1. The zero-order chi connectivity index (χ0) is 8.55. The number of rotatable bonds is 1. The van der Waals surface area contributed by atoms with Gasteiger partial charge in [0.1, 0.15) is 5.84 Å². The summed E-state index contributed by atoms with van der Waals surface area (Å²) in [6.45, 7) is 3.86. The van der Waals surface area contributed by atoms with E-state index in [1.807, 2.05) is 6.92 Å². The standard InChI is InChI=1S/C6H8N4O2/c1-4-7-3-11-10(4)6-8-5(2)12-9-6/h3H2,1-2H3. The lowest BCUT2D eigenvalue weighted by Crippen LogP contribution is -2.24. The Bertz CT molecular complexity index is 319. The van der Waals surface area contributed by atoms with Crippen LogP contribution in [0.25, 0.3) is 0 Å². The molecule has 0 radical (unpaired) electrons. The second-order valence-electron chi connectivity index (χ2n) is 2.37. The van der Waals surface area contributed by atoms with Gasteiger partial charge in [0.15, 0.2) is 6.73 Å². The molecule has 6 heteroatoms. The van der Waals surface area contributed by atoms with E-state index in [0.717, 1.165) is 5.84 Å². The summed E-state index contributed by atoms with van der Waals surface area (Å²) in [5.41, 5.74) is 0. The Kier molecular flexibility index (Phi) is 1.54. The van der Waals surface area contributed by atoms with E-state index >= 15 is 0 Å². The molecule has 1 aromatic heterocycles. The average molecular weight is 168 g/mol. The fourth-order valence-corrected chi connectivity index (χ4v) is 0.911. The molecule has 1 aliphatic heterocycles. The maximum Gasteiger partial charge on any atom is 0.296 e. The van der Waals surface area contributed by atoms with E-state index < -0.39 is 0 Å². The lowest BCUT2D eigenvalue weighted by Gasteiger charge is -2.09. The van der Waals surface area contributed by atoms with Gasteiger partial charge in [-0.25, -0.2) is 9.83 Å². The molecule has 0 aromatic carbocycles. The van der Waals surface area contributed by atoms with Crippen molar-refractivity contribution in [2.24, 2.45) is 4.99 Å². The fourth-order valence-electron chi connectivity index (χ4n) is 0.911. The van der Waals surface area contributed by atoms with Gasteiger partial charge in [0.2, 0.25) is 5.89 Å². The Morgan fingerprint density at radius 3 is 2.75 bits per heavy atom. The van der Waals surface area contributed by atoms with E-state index in [4.69, 9.17) is 9.36 Å². The van der Waals surface area contributed by atoms with Gasteiger partial charge < -0.3 is 4.52 Å². The van der Waals surface area contributed by atoms with Crippen molar-refractivity contribution < 1.29 is 9.36 Å². The second kappa shape index (κ2) is 2.56. The number of aliphatic imine (C=N–C) groups is 1. The van der Waals surface area contributed by atoms with Gasteiger partial charge in [-0.1, -0.05) is 0 Å². The molecule has 0 aliphatic carbocycles. The fraction of sp³-hybridized carbons (Fsp3) is 0.500. The van der Waals surface area contributed by atoms with Crippen LogP contribution in [0.15, 0.2) is 9.52 Å². The third-order valence-electron chi connectivity index (χ3n) is 1.47. The van der Waals surface area contributed by atoms with Gasteiger partial charge in [0.25, 0.3) is 5.95 Å². The minimum Gasteiger partial charge on any atom is -0.338 e. The van der Waals surface area contributed by atoms with Crippen LogP contribution < -0.4 is 5.06 Å². The zero-order valence-electron chi connectivity index (χ0n) is 6.81. The maximum absolute atomic E-state index is 5.11. The number of aryl methyl sites for hydroxylation is 1. The van der Waals surface area contributed by atoms with Crippen LogP contribution in [0.4, 0.5) is 5.95 Å². The van der Waals surface area contributed by atoms with E-state index in [0.29, 0.717) is 18.6 Å². The quantitative estimate of drug-likeness (QED) is 0.611. The SMILES string of the molecule is CC1=NCON1c1noc(C)n1. The molecule has 0 saturated heterocycles. The van der Waals surface area contributed by atoms with Gasteiger partial charge in [0, 0.05) is 6.92 Å². The van der Waals surface area contributed by atoms with E-state index in [9.17, 15) is 0 Å². The predicted molar refractivity (Wildman–Crippen MR) is 40.6 cm³/mol. The van der Waals surface area contributed by atoms with Gasteiger partial charge in [-0.05, 0) is 12.1 Å². The zero-order valence-corrected chi connectivity index (χ0v) is 6.81. The Labute approximate surface area is 68.8 Å². The van der Waals surface area contributed by atoms with Gasteiger partial charge in [-0.2, -0.15) is 10.0 Å². The van der Waals surface area contributed by atoms with Crippen LogP contribution in [-0.2, 0) is 4.84 Å². The van der Waals surface area contributed by atoms with Crippen LogP contribution in [0.2, 0.25) is 0 Å². The maximum atomic E-state index is 5.11. The average Bonchev–Trinajstić information content (AvgIpc) is 2.58. The molecule has 64 valence electrons. The van der Waals surface area contributed by atoms with Crippen LogP contribution >= 0.6 is 0 Å². The normalized spacial score (nSPS) is 16.8. The largest absolute Gasteiger partial charge is 0.338 e. The first-order chi connectivity index (χ1) is 5.77. The molecular weight excluding hydrogens is 160 g/mol. The number of hydrogen-bond acceptors (Lipinski definition) is 6. The minimum absolute atomic E-state index is 0.319. The Hall–Kier alpha value is -1.43. The van der Waals surface area contributed by atoms with Crippen molar-refractivity contribution in [2.75, 3.05) is 11.8 Å². The van der Waals surface area contributed by atoms with E-state index in [1.165, 1.54) is 5.06 Å². The summed E-state index contributed by atoms with van der Waals surface area (Å²) in [7, 11) is 0. The molecule has 1 aromatic rings. The number of nitrogens with zero attached hydrogens (tertiary/aromatic N) is 4. The van der Waals surface area contributed by atoms with E-state index in [2.05, 4.69) is 15.1 Å². The molecule has 6 nitrogen and oxygen atoms in total. The van der Waals surface area contributed by atoms with Crippen molar-refractivity contribution in [2.45, 2.75) is 13.8 Å². The summed E-state index contributed by atoms with van der Waals surface area (Å²) in [4.78, 5) is 13.1. The Balaban J connectivity index is 2.26. The highest BCUT2D eigenvalue weighted by molar-refractivity contribution is 5.93. The topological polar surface area (TPSA) is 63.8 Å². The van der Waals surface area contributed by atoms with E-state index in [-0.39, 0.29) is 0 Å². The van der Waals surface area contributed by atoms with Gasteiger partial charge in [-0.15, -0.1) is 0 Å². The van der Waals surface area contributed by atoms with Crippen molar-refractivity contribution in [3.8, 4) is 0 Å². The molecule has 0 atom stereocenters. The Morgan fingerprint density at radius 2 is 2.25 bits per heavy atom. The molecule has 2 heterocycles. The lowest BCUT2D eigenvalue weighted by molar-refractivity contribution is 0.167. The summed E-state index contributed by atoms with van der Waals surface area (Å²) >= 11 is 0. The van der Waals surface area contributed by atoms with Gasteiger partial charge >= 0.3 is 0 Å². The van der Waals surface area contributed by atoms with E-state index in [1.54, 1.807) is 6.92 Å². The highest BCUT2D eigenvalue weighted by atomic mass is 16.7. The molecule has 0 fully saturated rings. The highest BCUT2D eigenvalue weighted by Crippen LogP contribution is 2.13. The van der Waals surface area contributed by atoms with Crippen molar-refractivity contribution in [3.05, 3.63) is 5.89 Å². The van der Waals surface area contributed by atoms with Crippen LogP contribution in [0.1, 0.15) is 12.8 Å². The first-order valence-corrected chi connectivity index (χ1v) is 3.52. The second-order valence-corrected chi connectivity index (χ2v) is 2.37. The van der Waals surface area contributed by atoms with Gasteiger partial charge in [0.05, 0.1) is 0 Å². The molecule has 2 rings (SSSR count). The van der Waals surface area contributed by atoms with Crippen LogP contribution in [0, 0.1) is 6.92 Å². The highest BCUT2D eigenvalue weighted by Gasteiger charge is 2.20. The molecule has 0 saturated carbocycles. The first-order valence-electron chi connectivity index (χ1n) is 3.52. The van der Waals surface area contributed by atoms with Gasteiger partial charge in [-0.3, -0.25) is 0 Å². The summed E-state index contributed by atoms with van der Waals surface area (Å²) in [6, 6.07) is 0. The van der Waals surface area contributed by atoms with Crippen LogP contribution in [0.5, 0.6) is 0 Å². The van der Waals surface area contributed by atoms with Crippen molar-refractivity contribution in [1.82, 2.24) is 10.1 Å². The summed E-state index contributed by atoms with van der Waals surface area (Å²) in [5, 5.41) is 5.12. The number of amidine groups is 1. The third-order valence-corrected chi connectivity index (χ3v) is 1.47. The van der Waals surface area contributed by atoms with Crippen molar-refractivity contribution >= 4 is 11.8 Å². The predicted octanol–water partition coefficient (Wildman–Crippen LogP) is 0.506. The summed E-state index contributed by atoms with van der Waals surface area (Å²) < 4.78 is 4.79. The minimum atomic E-state index is 0.319. The molecule has 12 heavy (non-hydrogen) atoms. The molecule has 0 N–H and O–H groups in total. The Morgan fingerprint density at radius 1 is 1.42 bits per heavy atom. The molecule has 0 amide bonds. The molecule has 0 unspecified atom stereocenters. The summed E-state index contributed by atoms with van der Waals surface area (Å²) in [5.74, 6) is 1.63. The number of hydroxylamine groups is 1. The van der Waals surface area contributed by atoms with Crippen molar-refractivity contribution in [3.63, 3.8) is 0 Å². The number of aromatic nitrogens is 2. The molecule has 1 aliphatic rings.